The first kappa shape index (κ1) is 92.8. The molecule has 0 spiro atoms. The molecule has 4 aromatic carbocycles. The lowest BCUT2D eigenvalue weighted by molar-refractivity contribution is 0.0960. The molecule has 0 unspecified atom stereocenters. The van der Waals surface area contributed by atoms with Gasteiger partial charge in [0.25, 0.3) is 0 Å². The number of hydrogen-bond acceptors (Lipinski definition) is 30. The summed E-state index contributed by atoms with van der Waals surface area (Å²) in [6.45, 7) is 13.3. The number of ketones is 4. The first-order chi connectivity index (χ1) is 63.9. The number of ether oxygens (including phenoxy) is 4. The van der Waals surface area contributed by atoms with Gasteiger partial charge in [-0.15, -0.1) is 0 Å². The fraction of sp³-hybridized carbons (Fsp3) is 0.312. The van der Waals surface area contributed by atoms with Crippen molar-refractivity contribution in [2.24, 2.45) is 54.1 Å². The average Bonchev–Trinajstić information content (AvgIpc) is 1.77. The van der Waals surface area contributed by atoms with Gasteiger partial charge in [0.2, 0.25) is 0 Å². The van der Waals surface area contributed by atoms with E-state index in [1.165, 1.54) is 12.4 Å². The SMILES string of the molecule is CCC(=O)c1cnc(Nc2cc(C)n(C)n2)cc1Nc1cccc(-c2ncn(C)n2)c1OC.CCC(=O)c1cnc(Nc2cc(C)n(C)n2)cc1Nc1cccc(-c2ncn(C)n2)c1OC.COc1c(Nc2cc(NC(=O)NC(C)(C)C)ncc2C(=O)C2CC2)cccc1-c1ncn(C)n1.COc1c(Nc2cc(NC(=O)NC3CC3)ncc2C(=O)C2CC2)cccc1-c1ncn(C)n1. The molecular formula is C93H106N30O10. The van der Waals surface area contributed by atoms with Gasteiger partial charge in [-0.3, -0.25) is 57.9 Å². The van der Waals surface area contributed by atoms with Crippen molar-refractivity contribution in [2.45, 2.75) is 111 Å². The Hall–Kier alpha value is -16.3. The summed E-state index contributed by atoms with van der Waals surface area (Å²) in [5.74, 6) is 7.57. The Labute approximate surface area is 766 Å². The highest BCUT2D eigenvalue weighted by atomic mass is 16.5. The maximum absolute atomic E-state index is 13.0. The first-order valence-corrected chi connectivity index (χ1v) is 43.0. The summed E-state index contributed by atoms with van der Waals surface area (Å²) in [5, 5.41) is 57.2. The van der Waals surface area contributed by atoms with E-state index < -0.39 is 5.54 Å². The van der Waals surface area contributed by atoms with Crippen LogP contribution < -0.4 is 72.1 Å². The molecule has 3 fully saturated rings. The molecule has 40 nitrogen and oxygen atoms in total. The van der Waals surface area contributed by atoms with Gasteiger partial charge >= 0.3 is 12.1 Å². The van der Waals surface area contributed by atoms with Crippen molar-refractivity contribution in [3.8, 4) is 68.5 Å². The summed E-state index contributed by atoms with van der Waals surface area (Å²) < 4.78 is 32.8. The van der Waals surface area contributed by atoms with Crippen molar-refractivity contribution in [3.63, 3.8) is 0 Å². The quantitative estimate of drug-likeness (QED) is 0.0180. The fourth-order valence-electron chi connectivity index (χ4n) is 14.0. The molecule has 0 radical (unpaired) electrons. The van der Waals surface area contributed by atoms with Gasteiger partial charge in [0.1, 0.15) is 48.6 Å². The maximum Gasteiger partial charge on any atom is 0.320 e. The zero-order chi connectivity index (χ0) is 94.5. The highest BCUT2D eigenvalue weighted by molar-refractivity contribution is 6.07. The highest BCUT2D eigenvalue weighted by Crippen LogP contribution is 2.45. The second-order valence-corrected chi connectivity index (χ2v) is 32.8. The van der Waals surface area contributed by atoms with Crippen LogP contribution in [0.1, 0.15) is 139 Å². The van der Waals surface area contributed by atoms with Crippen LogP contribution in [-0.4, -0.2) is 174 Å². The molecule has 3 aliphatic rings. The molecular weight excluding hydrogens is 1700 g/mol. The number of benzene rings is 4. The van der Waals surface area contributed by atoms with Gasteiger partial charge in [0, 0.05) is 151 Å². The molecule has 10 aromatic heterocycles. The summed E-state index contributed by atoms with van der Waals surface area (Å²) in [5.41, 5.74) is 11.4. The molecule has 10 heterocycles. The molecule has 40 heteroatoms. The minimum Gasteiger partial charge on any atom is -0.494 e. The van der Waals surface area contributed by atoms with E-state index >= 15 is 0 Å². The topological polar surface area (TPSA) is 470 Å². The summed E-state index contributed by atoms with van der Waals surface area (Å²) in [6, 6.07) is 32.7. The first-order valence-electron chi connectivity index (χ1n) is 43.0. The predicted molar refractivity (Wildman–Crippen MR) is 505 cm³/mol. The van der Waals surface area contributed by atoms with E-state index in [2.05, 4.69) is 124 Å². The second-order valence-electron chi connectivity index (χ2n) is 32.8. The third kappa shape index (κ3) is 23.2. The average molecular weight is 1800 g/mol. The summed E-state index contributed by atoms with van der Waals surface area (Å²) in [7, 11) is 17.3. The van der Waals surface area contributed by atoms with Crippen LogP contribution in [0.5, 0.6) is 23.0 Å². The third-order valence-electron chi connectivity index (χ3n) is 21.2. The van der Waals surface area contributed by atoms with Crippen LogP contribution in [0, 0.1) is 25.7 Å². The number of amides is 4. The molecule has 17 rings (SSSR count). The summed E-state index contributed by atoms with van der Waals surface area (Å²) in [6.07, 6.45) is 18.9. The number of para-hydroxylation sites is 4. The van der Waals surface area contributed by atoms with Crippen LogP contribution in [0.15, 0.2) is 159 Å². The normalized spacial score (nSPS) is 12.5. The lowest BCUT2D eigenvalue weighted by Crippen LogP contribution is -2.43. The zero-order valence-corrected chi connectivity index (χ0v) is 76.9. The Morgan fingerprint density at radius 3 is 0.932 bits per heavy atom. The number of rotatable bonds is 31. The molecule has 3 aliphatic carbocycles. The second kappa shape index (κ2) is 41.0. The van der Waals surface area contributed by atoms with E-state index in [-0.39, 0.29) is 53.1 Å². The molecule has 0 bridgehead atoms. The molecule has 3 saturated carbocycles. The zero-order valence-electron chi connectivity index (χ0n) is 76.9. The van der Waals surface area contributed by atoms with Crippen molar-refractivity contribution in [2.75, 3.05) is 71.0 Å². The van der Waals surface area contributed by atoms with Gasteiger partial charge in [-0.05, 0) is 122 Å². The number of Topliss-reactive ketones (excluding diaryl/α,β-unsaturated/α-hetero) is 4. The molecule has 688 valence electrons. The monoisotopic (exact) mass is 1800 g/mol. The van der Waals surface area contributed by atoms with Gasteiger partial charge in [-0.25, -0.2) is 49.5 Å². The van der Waals surface area contributed by atoms with Gasteiger partial charge in [-0.1, -0.05) is 38.1 Å². The Balaban J connectivity index is 0.000000142. The van der Waals surface area contributed by atoms with Crippen LogP contribution in [0.3, 0.4) is 0 Å². The smallest absolute Gasteiger partial charge is 0.320 e. The minimum absolute atomic E-state index is 0.0105. The lowest BCUT2D eigenvalue weighted by atomic mass is 10.1. The van der Waals surface area contributed by atoms with Crippen molar-refractivity contribution in [3.05, 3.63) is 193 Å². The van der Waals surface area contributed by atoms with Gasteiger partial charge in [-0.2, -0.15) is 30.6 Å². The van der Waals surface area contributed by atoms with Crippen LogP contribution in [0.2, 0.25) is 0 Å². The number of anilines is 14. The Morgan fingerprint density at radius 2 is 0.662 bits per heavy atom. The molecule has 0 atom stereocenters. The van der Waals surface area contributed by atoms with E-state index in [0.717, 1.165) is 66.6 Å². The molecule has 4 amide bonds. The molecule has 14 aromatic rings. The number of nitrogens with zero attached hydrogens (tertiary/aromatic N) is 20. The number of urea groups is 2. The molecule has 10 N–H and O–H groups in total. The van der Waals surface area contributed by atoms with E-state index in [1.807, 2.05) is 162 Å². The van der Waals surface area contributed by atoms with Crippen LogP contribution in [-0.2, 0) is 42.3 Å². The van der Waals surface area contributed by atoms with Gasteiger partial charge in [0.15, 0.2) is 81.1 Å². The van der Waals surface area contributed by atoms with Crippen LogP contribution in [0.25, 0.3) is 45.6 Å². The molecule has 0 saturated heterocycles. The standard InChI is InChI=1S/C24H29N7O3.2C23H26N8O2.C23H25N7O3/c1-24(2,3)29-23(33)28-19-11-18(16(12-25-19)20(32)14-9-10-14)27-17-8-6-7-15(21(17)34-5)22-26-13-31(4)30-22;2*1-6-19(32)16-12-24-20(27-21-10-14(2)31(4)28-21)11-18(16)26-17-9-7-8-15(22(17)33-5)23-25-13-30(3)29-23;1-30-12-25-22(29-30)15-4-3-5-17(21(15)33-2)27-18-10-19(28-23(32)26-14-8-9-14)24-11-16(18)20(31)13-6-7-13/h6-8,11-14H,9-10H2,1-5H3,(H3,25,27,28,29,33);2*7-13H,6H2,1-5H3,(H2,24,26,27,28);3-5,10-14H,6-9H2,1-2H3,(H3,24,26,27,28,32). The Bertz CT molecular complexity index is 6380. The lowest BCUT2D eigenvalue weighted by Gasteiger charge is -2.21. The van der Waals surface area contributed by atoms with Crippen LogP contribution in [0.4, 0.5) is 90.0 Å². The van der Waals surface area contributed by atoms with E-state index in [4.69, 9.17) is 18.9 Å². The molecule has 133 heavy (non-hydrogen) atoms. The Kier molecular flexibility index (Phi) is 28.6. The predicted octanol–water partition coefficient (Wildman–Crippen LogP) is 15.7. The summed E-state index contributed by atoms with van der Waals surface area (Å²) >= 11 is 0. The number of pyridine rings is 4. The number of hydrogen-bond donors (Lipinski definition) is 10. The van der Waals surface area contributed by atoms with E-state index in [0.29, 0.717) is 167 Å². The van der Waals surface area contributed by atoms with Crippen molar-refractivity contribution >= 4 is 116 Å². The van der Waals surface area contributed by atoms with Crippen molar-refractivity contribution in [1.82, 2.24) is 109 Å². The van der Waals surface area contributed by atoms with E-state index in [1.54, 1.807) is 133 Å². The van der Waals surface area contributed by atoms with Crippen molar-refractivity contribution < 1.29 is 47.7 Å². The number of methoxy groups -OCH3 is 4. The minimum atomic E-state index is -0.402. The van der Waals surface area contributed by atoms with E-state index in [9.17, 15) is 28.8 Å². The Morgan fingerprint density at radius 1 is 0.361 bits per heavy atom. The van der Waals surface area contributed by atoms with Crippen molar-refractivity contribution in [1.29, 1.82) is 0 Å². The van der Waals surface area contributed by atoms with Crippen LogP contribution >= 0.6 is 0 Å². The van der Waals surface area contributed by atoms with Gasteiger partial charge < -0.3 is 61.5 Å². The highest BCUT2D eigenvalue weighted by Gasteiger charge is 2.35. The fourth-order valence-corrected chi connectivity index (χ4v) is 14.0. The summed E-state index contributed by atoms with van der Waals surface area (Å²) in [4.78, 5) is 110. The third-order valence-corrected chi connectivity index (χ3v) is 21.2. The number of carbonyl (C=O) groups excluding carboxylic acids is 6. The maximum atomic E-state index is 13.0. The number of nitrogens with one attached hydrogen (secondary N) is 10. The largest absolute Gasteiger partial charge is 0.494 e. The van der Waals surface area contributed by atoms with Gasteiger partial charge in [0.05, 0.1) is 118 Å². The number of aryl methyl sites for hydroxylation is 8. The number of aromatic nitrogens is 20. The molecule has 0 aliphatic heterocycles. The number of carbonyl (C=O) groups is 6.